The molecule has 2 unspecified atom stereocenters. The highest BCUT2D eigenvalue weighted by molar-refractivity contribution is 7.87. The summed E-state index contributed by atoms with van der Waals surface area (Å²) in [6.45, 7) is 8.68. The number of halogens is 1. The van der Waals surface area contributed by atoms with Gasteiger partial charge in [0.15, 0.2) is 5.79 Å². The molecule has 1 heterocycles. The van der Waals surface area contributed by atoms with E-state index in [-0.39, 0.29) is 12.4 Å². The second-order valence-electron chi connectivity index (χ2n) is 9.16. The molecule has 1 aromatic rings. The van der Waals surface area contributed by atoms with E-state index < -0.39 is 32.3 Å². The zero-order valence-electron chi connectivity index (χ0n) is 17.7. The maximum atomic E-state index is 13.3. The van der Waals surface area contributed by atoms with Crippen molar-refractivity contribution in [3.05, 3.63) is 29.8 Å². The molecule has 29 heavy (non-hydrogen) atoms. The third-order valence-electron chi connectivity index (χ3n) is 5.66. The van der Waals surface area contributed by atoms with Crippen LogP contribution in [0.1, 0.15) is 58.4 Å². The van der Waals surface area contributed by atoms with Gasteiger partial charge < -0.3 is 14.2 Å². The van der Waals surface area contributed by atoms with Gasteiger partial charge in [0.1, 0.15) is 10.3 Å². The minimum absolute atomic E-state index is 0.131. The number of aryl methyl sites for hydroxylation is 1. The fourth-order valence-corrected chi connectivity index (χ4v) is 6.10. The Morgan fingerprint density at radius 2 is 1.69 bits per heavy atom. The second kappa shape index (κ2) is 8.66. The van der Waals surface area contributed by atoms with Crippen molar-refractivity contribution in [3.63, 3.8) is 0 Å². The quantitative estimate of drug-likeness (QED) is 0.488. The summed E-state index contributed by atoms with van der Waals surface area (Å²) in [5.41, 5.74) is -0.125. The van der Waals surface area contributed by atoms with Crippen molar-refractivity contribution in [2.75, 3.05) is 13.2 Å². The molecule has 0 amide bonds. The number of esters is 1. The van der Waals surface area contributed by atoms with Crippen LogP contribution in [0.25, 0.3) is 0 Å². The number of hydrogen-bond acceptors (Lipinski definition) is 5. The Balaban J connectivity index is 1.82. The first-order valence-electron chi connectivity index (χ1n) is 10.2. The molecule has 7 heteroatoms. The van der Waals surface area contributed by atoms with Gasteiger partial charge in [0.05, 0.1) is 30.4 Å². The summed E-state index contributed by atoms with van der Waals surface area (Å²) in [6, 6.07) is 7.53. The summed E-state index contributed by atoms with van der Waals surface area (Å²) >= 11 is 6.86. The van der Waals surface area contributed by atoms with Crippen LogP contribution in [0, 0.1) is 12.3 Å². The van der Waals surface area contributed by atoms with Gasteiger partial charge in [-0.05, 0) is 52.7 Å². The van der Waals surface area contributed by atoms with Gasteiger partial charge >= 0.3 is 5.97 Å². The molecular weight excluding hydrogens is 412 g/mol. The predicted molar refractivity (Wildman–Crippen MR) is 113 cm³/mol. The van der Waals surface area contributed by atoms with Crippen LogP contribution in [0.5, 0.6) is 0 Å². The molecule has 162 valence electrons. The standard InChI is InChI=1S/C22H31ClO5S/c1-16-5-7-17(8-6-16)29(25)19(23)21(15-18(24)28-20(2,3)4)9-11-22(12-10-21)26-13-14-27-22/h5-8,19H,9-15H2,1-4H3. The molecule has 2 atom stereocenters. The summed E-state index contributed by atoms with van der Waals surface area (Å²) in [4.78, 5) is 13.4. The number of alkyl halides is 1. The average molecular weight is 443 g/mol. The van der Waals surface area contributed by atoms with E-state index in [2.05, 4.69) is 0 Å². The first-order chi connectivity index (χ1) is 13.5. The van der Waals surface area contributed by atoms with Crippen molar-refractivity contribution in [2.24, 2.45) is 5.41 Å². The van der Waals surface area contributed by atoms with Crippen molar-refractivity contribution in [1.29, 1.82) is 0 Å². The lowest BCUT2D eigenvalue weighted by Crippen LogP contribution is -2.46. The van der Waals surface area contributed by atoms with Crippen LogP contribution >= 0.6 is 11.6 Å². The molecule has 1 saturated carbocycles. The molecule has 0 bridgehead atoms. The summed E-state index contributed by atoms with van der Waals surface area (Å²) in [6.07, 6.45) is 2.58. The van der Waals surface area contributed by atoms with E-state index in [1.54, 1.807) is 0 Å². The lowest BCUT2D eigenvalue weighted by atomic mass is 9.71. The first-order valence-corrected chi connectivity index (χ1v) is 11.8. The van der Waals surface area contributed by atoms with E-state index in [0.717, 1.165) is 5.56 Å². The van der Waals surface area contributed by atoms with Crippen molar-refractivity contribution in [2.45, 2.75) is 80.8 Å². The molecule has 1 aromatic carbocycles. The molecule has 0 N–H and O–H groups in total. The number of carbonyl (C=O) groups is 1. The van der Waals surface area contributed by atoms with Crippen LogP contribution in [0.2, 0.25) is 0 Å². The lowest BCUT2D eigenvalue weighted by Gasteiger charge is -2.45. The zero-order valence-corrected chi connectivity index (χ0v) is 19.2. The van der Waals surface area contributed by atoms with Gasteiger partial charge in [-0.1, -0.05) is 17.7 Å². The first kappa shape index (κ1) is 22.7. The van der Waals surface area contributed by atoms with Crippen LogP contribution in [0.4, 0.5) is 0 Å². The minimum atomic E-state index is -1.45. The highest BCUT2D eigenvalue weighted by atomic mass is 35.5. The number of hydrogen-bond donors (Lipinski definition) is 0. The van der Waals surface area contributed by atoms with Gasteiger partial charge in [-0.3, -0.25) is 9.00 Å². The summed E-state index contributed by atoms with van der Waals surface area (Å²) in [5, 5.41) is 0. The van der Waals surface area contributed by atoms with E-state index >= 15 is 0 Å². The van der Waals surface area contributed by atoms with Crippen molar-refractivity contribution >= 4 is 28.4 Å². The smallest absolute Gasteiger partial charge is 0.306 e. The molecule has 2 fully saturated rings. The molecular formula is C22H31ClO5S. The molecule has 0 aromatic heterocycles. The molecule has 0 radical (unpaired) electrons. The van der Waals surface area contributed by atoms with E-state index in [0.29, 0.717) is 43.8 Å². The zero-order chi connectivity index (χ0) is 21.3. The fourth-order valence-electron chi connectivity index (χ4n) is 4.08. The Morgan fingerprint density at radius 1 is 1.14 bits per heavy atom. The van der Waals surface area contributed by atoms with Crippen molar-refractivity contribution in [3.8, 4) is 0 Å². The highest BCUT2D eigenvalue weighted by Gasteiger charge is 2.52. The fraction of sp³-hybridized carbons (Fsp3) is 0.682. The van der Waals surface area contributed by atoms with Crippen LogP contribution in [0.15, 0.2) is 29.2 Å². The largest absolute Gasteiger partial charge is 0.460 e. The highest BCUT2D eigenvalue weighted by Crippen LogP contribution is 2.51. The van der Waals surface area contributed by atoms with Crippen LogP contribution in [-0.2, 0) is 29.8 Å². The third-order valence-corrected chi connectivity index (χ3v) is 8.22. The van der Waals surface area contributed by atoms with E-state index in [1.165, 1.54) is 0 Å². The summed E-state index contributed by atoms with van der Waals surface area (Å²) < 4.78 is 29.8. The lowest BCUT2D eigenvalue weighted by molar-refractivity contribution is -0.194. The van der Waals surface area contributed by atoms with E-state index in [4.69, 9.17) is 25.8 Å². The van der Waals surface area contributed by atoms with Crippen molar-refractivity contribution in [1.82, 2.24) is 0 Å². The van der Waals surface area contributed by atoms with Gasteiger partial charge in [-0.2, -0.15) is 0 Å². The Morgan fingerprint density at radius 3 is 2.21 bits per heavy atom. The Kier molecular flexibility index (Phi) is 6.78. The number of ether oxygens (including phenoxy) is 3. The van der Waals surface area contributed by atoms with Crippen molar-refractivity contribution < 1.29 is 23.2 Å². The molecule has 2 aliphatic rings. The van der Waals surface area contributed by atoms with Gasteiger partial charge in [0.2, 0.25) is 0 Å². The number of carbonyl (C=O) groups excluding carboxylic acids is 1. The minimum Gasteiger partial charge on any atom is -0.460 e. The Labute approximate surface area is 180 Å². The van der Waals surface area contributed by atoms with Gasteiger partial charge in [-0.15, -0.1) is 11.6 Å². The third kappa shape index (κ3) is 5.40. The molecule has 1 saturated heterocycles. The summed E-state index contributed by atoms with van der Waals surface area (Å²) in [7, 11) is -1.45. The molecule has 1 aliphatic carbocycles. The average Bonchev–Trinajstić information content (AvgIpc) is 3.10. The maximum Gasteiger partial charge on any atom is 0.306 e. The molecule has 5 nitrogen and oxygen atoms in total. The maximum absolute atomic E-state index is 13.3. The number of rotatable bonds is 5. The Hall–Kier alpha value is -0.950. The summed E-state index contributed by atoms with van der Waals surface area (Å²) in [5.74, 6) is -0.896. The van der Waals surface area contributed by atoms with Gasteiger partial charge in [0.25, 0.3) is 0 Å². The normalized spacial score (nSPS) is 22.9. The van der Waals surface area contributed by atoms with Crippen LogP contribution in [-0.4, -0.2) is 39.5 Å². The van der Waals surface area contributed by atoms with Crippen LogP contribution < -0.4 is 0 Å². The van der Waals surface area contributed by atoms with Gasteiger partial charge in [0, 0.05) is 23.2 Å². The molecule has 1 aliphatic heterocycles. The van der Waals surface area contributed by atoms with E-state index in [1.807, 2.05) is 52.0 Å². The van der Waals surface area contributed by atoms with Crippen LogP contribution in [0.3, 0.4) is 0 Å². The topological polar surface area (TPSA) is 61.8 Å². The SMILES string of the molecule is Cc1ccc(S(=O)C(Cl)C2(CC(=O)OC(C)(C)C)CCC3(CC2)OCCO3)cc1. The van der Waals surface area contributed by atoms with E-state index in [9.17, 15) is 9.00 Å². The predicted octanol–water partition coefficient (Wildman–Crippen LogP) is 4.70. The molecule has 1 spiro atoms. The van der Waals surface area contributed by atoms with Gasteiger partial charge in [-0.25, -0.2) is 0 Å². The monoisotopic (exact) mass is 442 g/mol. The molecule has 3 rings (SSSR count). The Bertz CT molecular complexity index is 739. The second-order valence-corrected chi connectivity index (χ2v) is 11.4. The number of benzene rings is 1.